The van der Waals surface area contributed by atoms with Crippen LogP contribution in [-0.2, 0) is 11.2 Å². The van der Waals surface area contributed by atoms with Crippen molar-refractivity contribution in [1.29, 1.82) is 0 Å². The van der Waals surface area contributed by atoms with E-state index >= 15 is 0 Å². The standard InChI is InChI=1S/C22H23N3O/c1-16-9-11-18(12-10-16)15-21(20-8-4-6-14-24-20)25-22(26)17(2)19-7-3-5-13-23-19/h3-14,17,21H,15H2,1-2H3,(H,25,26)/t17-,21+/m1/s1. The van der Waals surface area contributed by atoms with Crippen LogP contribution in [0.2, 0.25) is 0 Å². The summed E-state index contributed by atoms with van der Waals surface area (Å²) in [6, 6.07) is 19.6. The molecule has 0 saturated heterocycles. The van der Waals surface area contributed by atoms with Crippen molar-refractivity contribution >= 4 is 5.91 Å². The highest BCUT2D eigenvalue weighted by Crippen LogP contribution is 2.20. The number of nitrogens with one attached hydrogen (secondary N) is 1. The van der Waals surface area contributed by atoms with Crippen LogP contribution >= 0.6 is 0 Å². The van der Waals surface area contributed by atoms with Crippen molar-refractivity contribution < 1.29 is 4.79 Å². The fraction of sp³-hybridized carbons (Fsp3) is 0.227. The van der Waals surface area contributed by atoms with E-state index in [4.69, 9.17) is 0 Å². The number of amides is 1. The van der Waals surface area contributed by atoms with E-state index in [-0.39, 0.29) is 17.9 Å². The maximum Gasteiger partial charge on any atom is 0.229 e. The first-order valence-corrected chi connectivity index (χ1v) is 8.81. The first kappa shape index (κ1) is 17.8. The van der Waals surface area contributed by atoms with Crippen molar-refractivity contribution in [2.24, 2.45) is 0 Å². The summed E-state index contributed by atoms with van der Waals surface area (Å²) in [5.74, 6) is -0.369. The molecule has 0 spiro atoms. The molecule has 0 radical (unpaired) electrons. The lowest BCUT2D eigenvalue weighted by atomic mass is 10.00. The summed E-state index contributed by atoms with van der Waals surface area (Å²) in [6.07, 6.45) is 4.16. The van der Waals surface area contributed by atoms with E-state index in [2.05, 4.69) is 46.5 Å². The molecule has 1 aromatic carbocycles. The summed E-state index contributed by atoms with van der Waals surface area (Å²) in [5, 5.41) is 3.15. The Morgan fingerprint density at radius 3 is 2.12 bits per heavy atom. The molecule has 4 nitrogen and oxygen atoms in total. The monoisotopic (exact) mass is 345 g/mol. The summed E-state index contributed by atoms with van der Waals surface area (Å²) in [5.41, 5.74) is 4.00. The number of carbonyl (C=O) groups excluding carboxylic acids is 1. The average Bonchev–Trinajstić information content (AvgIpc) is 2.70. The van der Waals surface area contributed by atoms with Crippen LogP contribution in [0.15, 0.2) is 73.1 Å². The Kier molecular flexibility index (Phi) is 5.74. The molecule has 0 aliphatic heterocycles. The quantitative estimate of drug-likeness (QED) is 0.735. The molecule has 26 heavy (non-hydrogen) atoms. The largest absolute Gasteiger partial charge is 0.347 e. The van der Waals surface area contributed by atoms with E-state index < -0.39 is 0 Å². The number of aromatic nitrogens is 2. The molecule has 132 valence electrons. The molecule has 0 aliphatic rings. The van der Waals surface area contributed by atoms with Crippen LogP contribution in [0.25, 0.3) is 0 Å². The van der Waals surface area contributed by atoms with Crippen LogP contribution in [0.1, 0.15) is 41.4 Å². The van der Waals surface area contributed by atoms with Gasteiger partial charge in [0.15, 0.2) is 0 Å². The van der Waals surface area contributed by atoms with Crippen LogP contribution < -0.4 is 5.32 Å². The first-order valence-electron chi connectivity index (χ1n) is 8.81. The summed E-state index contributed by atoms with van der Waals surface area (Å²) >= 11 is 0. The summed E-state index contributed by atoms with van der Waals surface area (Å²) < 4.78 is 0. The molecule has 0 saturated carbocycles. The Hall–Kier alpha value is -3.01. The molecule has 2 atom stereocenters. The van der Waals surface area contributed by atoms with Gasteiger partial charge < -0.3 is 5.32 Å². The molecule has 0 fully saturated rings. The molecular formula is C22H23N3O. The lowest BCUT2D eigenvalue weighted by molar-refractivity contribution is -0.123. The van der Waals surface area contributed by atoms with E-state index in [0.717, 1.165) is 17.0 Å². The van der Waals surface area contributed by atoms with Crippen LogP contribution in [0, 0.1) is 6.92 Å². The van der Waals surface area contributed by atoms with E-state index in [1.54, 1.807) is 12.4 Å². The second-order valence-electron chi connectivity index (χ2n) is 6.48. The Balaban J connectivity index is 1.79. The third-order valence-corrected chi connectivity index (χ3v) is 4.45. The maximum atomic E-state index is 12.8. The van der Waals surface area contributed by atoms with Gasteiger partial charge in [0.25, 0.3) is 0 Å². The SMILES string of the molecule is Cc1ccc(C[C@H](NC(=O)[C@H](C)c2ccccn2)c2ccccn2)cc1. The topological polar surface area (TPSA) is 54.9 Å². The third-order valence-electron chi connectivity index (χ3n) is 4.45. The molecule has 1 amide bonds. The van der Waals surface area contributed by atoms with Crippen molar-refractivity contribution in [2.75, 3.05) is 0 Å². The maximum absolute atomic E-state index is 12.8. The van der Waals surface area contributed by atoms with Gasteiger partial charge in [0, 0.05) is 12.4 Å². The zero-order valence-corrected chi connectivity index (χ0v) is 15.1. The van der Waals surface area contributed by atoms with Crippen LogP contribution in [0.5, 0.6) is 0 Å². The highest BCUT2D eigenvalue weighted by Gasteiger charge is 2.22. The number of pyridine rings is 2. The minimum absolute atomic E-state index is 0.0496. The van der Waals surface area contributed by atoms with Gasteiger partial charge in [-0.05, 0) is 50.1 Å². The van der Waals surface area contributed by atoms with Gasteiger partial charge >= 0.3 is 0 Å². The van der Waals surface area contributed by atoms with Gasteiger partial charge in [0.2, 0.25) is 5.91 Å². The van der Waals surface area contributed by atoms with Crippen molar-refractivity contribution in [3.8, 4) is 0 Å². The normalized spacial score (nSPS) is 13.0. The third kappa shape index (κ3) is 4.54. The first-order chi connectivity index (χ1) is 12.6. The predicted molar refractivity (Wildman–Crippen MR) is 103 cm³/mol. The Morgan fingerprint density at radius 1 is 0.923 bits per heavy atom. The van der Waals surface area contributed by atoms with Crippen molar-refractivity contribution in [1.82, 2.24) is 15.3 Å². The van der Waals surface area contributed by atoms with Crippen molar-refractivity contribution in [3.63, 3.8) is 0 Å². The van der Waals surface area contributed by atoms with Crippen LogP contribution in [-0.4, -0.2) is 15.9 Å². The van der Waals surface area contributed by atoms with E-state index in [1.165, 1.54) is 5.56 Å². The second kappa shape index (κ2) is 8.39. The zero-order valence-electron chi connectivity index (χ0n) is 15.1. The van der Waals surface area contributed by atoms with Gasteiger partial charge in [0.05, 0.1) is 23.3 Å². The Morgan fingerprint density at radius 2 is 1.54 bits per heavy atom. The Bertz CT molecular complexity index is 832. The smallest absolute Gasteiger partial charge is 0.229 e. The number of aryl methyl sites for hydroxylation is 1. The fourth-order valence-corrected chi connectivity index (χ4v) is 2.83. The van der Waals surface area contributed by atoms with E-state index in [0.29, 0.717) is 6.42 Å². The predicted octanol–water partition coefficient (Wildman–Crippen LogP) is 3.99. The van der Waals surface area contributed by atoms with Gasteiger partial charge in [-0.25, -0.2) is 0 Å². The number of rotatable bonds is 6. The molecule has 4 heteroatoms. The summed E-state index contributed by atoms with van der Waals surface area (Å²) in [7, 11) is 0. The van der Waals surface area contributed by atoms with E-state index in [9.17, 15) is 4.79 Å². The molecule has 1 N–H and O–H groups in total. The Labute approximate surface area is 154 Å². The minimum Gasteiger partial charge on any atom is -0.347 e. The molecule has 0 aliphatic carbocycles. The van der Waals surface area contributed by atoms with Crippen LogP contribution in [0.3, 0.4) is 0 Å². The number of benzene rings is 1. The molecule has 2 heterocycles. The highest BCUT2D eigenvalue weighted by atomic mass is 16.1. The average molecular weight is 345 g/mol. The van der Waals surface area contributed by atoms with Gasteiger partial charge in [-0.2, -0.15) is 0 Å². The van der Waals surface area contributed by atoms with Gasteiger partial charge in [-0.3, -0.25) is 14.8 Å². The van der Waals surface area contributed by atoms with Gasteiger partial charge in [0.1, 0.15) is 0 Å². The molecular weight excluding hydrogens is 322 g/mol. The van der Waals surface area contributed by atoms with Gasteiger partial charge in [-0.15, -0.1) is 0 Å². The number of carbonyl (C=O) groups is 1. The molecule has 2 aromatic heterocycles. The molecule has 0 unspecified atom stereocenters. The number of nitrogens with zero attached hydrogens (tertiary/aromatic N) is 2. The highest BCUT2D eigenvalue weighted by molar-refractivity contribution is 5.83. The van der Waals surface area contributed by atoms with Crippen LogP contribution in [0.4, 0.5) is 0 Å². The fourth-order valence-electron chi connectivity index (χ4n) is 2.83. The number of hydrogen-bond donors (Lipinski definition) is 1. The molecule has 3 rings (SSSR count). The van der Waals surface area contributed by atoms with E-state index in [1.807, 2.05) is 43.3 Å². The number of hydrogen-bond acceptors (Lipinski definition) is 3. The lowest BCUT2D eigenvalue weighted by Crippen LogP contribution is -2.33. The van der Waals surface area contributed by atoms with Crippen molar-refractivity contribution in [3.05, 3.63) is 95.6 Å². The van der Waals surface area contributed by atoms with Gasteiger partial charge in [-0.1, -0.05) is 42.0 Å². The summed E-state index contributed by atoms with van der Waals surface area (Å²) in [6.45, 7) is 3.94. The minimum atomic E-state index is -0.319. The molecule has 0 bridgehead atoms. The zero-order chi connectivity index (χ0) is 18.4. The summed E-state index contributed by atoms with van der Waals surface area (Å²) in [4.78, 5) is 21.5. The van der Waals surface area contributed by atoms with Crippen molar-refractivity contribution in [2.45, 2.75) is 32.2 Å². The lowest BCUT2D eigenvalue weighted by Gasteiger charge is -2.21. The second-order valence-corrected chi connectivity index (χ2v) is 6.48. The molecule has 3 aromatic rings.